The molecule has 1 fully saturated rings. The number of morpholine rings is 1. The Kier molecular flexibility index (Phi) is 4.96. The molecule has 1 aliphatic heterocycles. The summed E-state index contributed by atoms with van der Waals surface area (Å²) in [4.78, 5) is 13.2. The van der Waals surface area contributed by atoms with Crippen LogP contribution in [0.25, 0.3) is 0 Å². The summed E-state index contributed by atoms with van der Waals surface area (Å²) in [6.07, 6.45) is 0. The zero-order chi connectivity index (χ0) is 16.9. The van der Waals surface area contributed by atoms with Crippen LogP contribution in [-0.2, 0) is 4.74 Å². The van der Waals surface area contributed by atoms with Gasteiger partial charge in [-0.15, -0.1) is 0 Å². The first-order chi connectivity index (χ1) is 11.6. The number of hydrogen-bond donors (Lipinski definition) is 1. The summed E-state index contributed by atoms with van der Waals surface area (Å²) >= 11 is 0. The molecule has 24 heavy (non-hydrogen) atoms. The van der Waals surface area contributed by atoms with Crippen molar-refractivity contribution in [2.45, 2.75) is 13.0 Å². The highest BCUT2D eigenvalue weighted by Crippen LogP contribution is 2.32. The fourth-order valence-electron chi connectivity index (χ4n) is 2.88. The molecule has 1 aliphatic rings. The van der Waals surface area contributed by atoms with Crippen molar-refractivity contribution in [2.24, 2.45) is 0 Å². The summed E-state index contributed by atoms with van der Waals surface area (Å²) in [5.74, 6) is 0. The lowest BCUT2D eigenvalue weighted by Gasteiger charge is -2.29. The highest BCUT2D eigenvalue weighted by atomic mass is 16.6. The van der Waals surface area contributed by atoms with Crippen LogP contribution in [0.4, 0.5) is 17.1 Å². The monoisotopic (exact) mass is 327 g/mol. The third kappa shape index (κ3) is 3.65. The molecule has 0 bridgehead atoms. The van der Waals surface area contributed by atoms with Gasteiger partial charge in [-0.05, 0) is 24.6 Å². The third-order valence-corrected chi connectivity index (χ3v) is 4.22. The molecule has 1 saturated heterocycles. The van der Waals surface area contributed by atoms with Gasteiger partial charge in [-0.2, -0.15) is 0 Å². The first-order valence-corrected chi connectivity index (χ1v) is 8.08. The Morgan fingerprint density at radius 1 is 1.17 bits per heavy atom. The normalized spacial score (nSPS) is 15.8. The Hall–Kier alpha value is -2.60. The van der Waals surface area contributed by atoms with Crippen LogP contribution in [0.2, 0.25) is 0 Å². The molecule has 0 aromatic heterocycles. The maximum Gasteiger partial charge on any atom is 0.292 e. The molecule has 1 heterocycles. The molecule has 6 heteroatoms. The summed E-state index contributed by atoms with van der Waals surface area (Å²) in [7, 11) is 0. The standard InChI is InChI=1S/C18H21N3O3/c1-14(15-5-3-2-4-6-15)19-17-13-16(7-8-18(17)21(22)23)20-9-11-24-12-10-20/h2-8,13-14,19H,9-12H2,1H3/t14-/m0/s1. The number of ether oxygens (including phenoxy) is 1. The second-order valence-corrected chi connectivity index (χ2v) is 5.83. The maximum atomic E-state index is 11.4. The molecular formula is C18H21N3O3. The number of rotatable bonds is 5. The van der Waals surface area contributed by atoms with E-state index in [1.165, 1.54) is 0 Å². The molecule has 0 aliphatic carbocycles. The average molecular weight is 327 g/mol. The second-order valence-electron chi connectivity index (χ2n) is 5.83. The van der Waals surface area contributed by atoms with Crippen molar-refractivity contribution in [1.29, 1.82) is 0 Å². The molecule has 0 saturated carbocycles. The Labute approximate surface area is 141 Å². The van der Waals surface area contributed by atoms with Crippen molar-refractivity contribution in [3.05, 3.63) is 64.2 Å². The second kappa shape index (κ2) is 7.31. The quantitative estimate of drug-likeness (QED) is 0.671. The van der Waals surface area contributed by atoms with Gasteiger partial charge in [0, 0.05) is 30.9 Å². The van der Waals surface area contributed by atoms with Crippen LogP contribution in [0.15, 0.2) is 48.5 Å². The van der Waals surface area contributed by atoms with E-state index in [1.54, 1.807) is 6.07 Å². The summed E-state index contributed by atoms with van der Waals surface area (Å²) in [6, 6.07) is 15.1. The molecule has 2 aromatic rings. The smallest absolute Gasteiger partial charge is 0.292 e. The number of benzene rings is 2. The molecule has 3 rings (SSSR count). The van der Waals surface area contributed by atoms with Crippen molar-refractivity contribution in [3.8, 4) is 0 Å². The van der Waals surface area contributed by atoms with Gasteiger partial charge in [-0.1, -0.05) is 30.3 Å². The number of nitro benzene ring substituents is 1. The van der Waals surface area contributed by atoms with Gasteiger partial charge in [0.2, 0.25) is 0 Å². The fourth-order valence-corrected chi connectivity index (χ4v) is 2.88. The lowest BCUT2D eigenvalue weighted by Crippen LogP contribution is -2.36. The molecule has 0 radical (unpaired) electrons. The lowest BCUT2D eigenvalue weighted by molar-refractivity contribution is -0.384. The van der Waals surface area contributed by atoms with Crippen LogP contribution in [0.1, 0.15) is 18.5 Å². The van der Waals surface area contributed by atoms with Crippen molar-refractivity contribution in [2.75, 3.05) is 36.5 Å². The summed E-state index contributed by atoms with van der Waals surface area (Å²) < 4.78 is 5.37. The minimum absolute atomic E-state index is 0.0233. The van der Waals surface area contributed by atoms with Crippen molar-refractivity contribution in [3.63, 3.8) is 0 Å². The molecule has 126 valence electrons. The van der Waals surface area contributed by atoms with E-state index >= 15 is 0 Å². The van der Waals surface area contributed by atoms with E-state index in [0.29, 0.717) is 18.9 Å². The molecule has 6 nitrogen and oxygen atoms in total. The lowest BCUT2D eigenvalue weighted by atomic mass is 10.1. The minimum atomic E-state index is -0.344. The van der Waals surface area contributed by atoms with E-state index in [1.807, 2.05) is 49.4 Å². The highest BCUT2D eigenvalue weighted by molar-refractivity contribution is 5.69. The van der Waals surface area contributed by atoms with Crippen molar-refractivity contribution in [1.82, 2.24) is 0 Å². The van der Waals surface area contributed by atoms with E-state index in [-0.39, 0.29) is 16.7 Å². The van der Waals surface area contributed by atoms with E-state index in [0.717, 1.165) is 24.3 Å². The Balaban J connectivity index is 1.87. The predicted octanol–water partition coefficient (Wildman–Crippen LogP) is 3.60. The van der Waals surface area contributed by atoms with Crippen LogP contribution in [0.5, 0.6) is 0 Å². The van der Waals surface area contributed by atoms with Crippen LogP contribution in [0, 0.1) is 10.1 Å². The summed E-state index contributed by atoms with van der Waals surface area (Å²) in [5.41, 5.74) is 2.70. The molecule has 1 atom stereocenters. The fraction of sp³-hybridized carbons (Fsp3) is 0.333. The molecule has 1 N–H and O–H groups in total. The SMILES string of the molecule is C[C@H](Nc1cc(N2CCOCC2)ccc1[N+](=O)[O-])c1ccccc1. The number of nitro groups is 1. The first-order valence-electron chi connectivity index (χ1n) is 8.08. The topological polar surface area (TPSA) is 67.6 Å². The van der Waals surface area contributed by atoms with Gasteiger partial charge in [0.1, 0.15) is 5.69 Å². The Bertz CT molecular complexity index is 700. The van der Waals surface area contributed by atoms with Gasteiger partial charge in [-0.3, -0.25) is 10.1 Å². The van der Waals surface area contributed by atoms with E-state index in [4.69, 9.17) is 4.74 Å². The Morgan fingerprint density at radius 3 is 2.54 bits per heavy atom. The Morgan fingerprint density at radius 2 is 1.88 bits per heavy atom. The summed E-state index contributed by atoms with van der Waals surface area (Å²) in [6.45, 7) is 4.96. The number of nitrogens with one attached hydrogen (secondary N) is 1. The highest BCUT2D eigenvalue weighted by Gasteiger charge is 2.19. The van der Waals surface area contributed by atoms with Gasteiger partial charge >= 0.3 is 0 Å². The average Bonchev–Trinajstić information content (AvgIpc) is 2.63. The zero-order valence-electron chi connectivity index (χ0n) is 13.6. The van der Waals surface area contributed by atoms with E-state index < -0.39 is 0 Å². The maximum absolute atomic E-state index is 11.4. The first kappa shape index (κ1) is 16.3. The van der Waals surface area contributed by atoms with Crippen LogP contribution in [-0.4, -0.2) is 31.2 Å². The van der Waals surface area contributed by atoms with Crippen LogP contribution in [0.3, 0.4) is 0 Å². The van der Waals surface area contributed by atoms with Crippen LogP contribution < -0.4 is 10.2 Å². The molecule has 0 amide bonds. The third-order valence-electron chi connectivity index (χ3n) is 4.22. The molecule has 0 unspecified atom stereocenters. The van der Waals surface area contributed by atoms with Crippen molar-refractivity contribution < 1.29 is 9.66 Å². The number of nitrogens with zero attached hydrogens (tertiary/aromatic N) is 2. The predicted molar refractivity (Wildman–Crippen MR) is 94.6 cm³/mol. The van der Waals surface area contributed by atoms with Gasteiger partial charge < -0.3 is 15.0 Å². The largest absolute Gasteiger partial charge is 0.378 e. The zero-order valence-corrected chi connectivity index (χ0v) is 13.6. The number of hydrogen-bond acceptors (Lipinski definition) is 5. The minimum Gasteiger partial charge on any atom is -0.378 e. The van der Waals surface area contributed by atoms with Gasteiger partial charge in [0.25, 0.3) is 5.69 Å². The number of anilines is 2. The van der Waals surface area contributed by atoms with Gasteiger partial charge in [0.05, 0.1) is 18.1 Å². The van der Waals surface area contributed by atoms with Gasteiger partial charge in [0.15, 0.2) is 0 Å². The van der Waals surface area contributed by atoms with E-state index in [9.17, 15) is 10.1 Å². The van der Waals surface area contributed by atoms with E-state index in [2.05, 4.69) is 10.2 Å². The van der Waals surface area contributed by atoms with Crippen LogP contribution >= 0.6 is 0 Å². The molecule has 2 aromatic carbocycles. The summed E-state index contributed by atoms with van der Waals surface area (Å²) in [5, 5.41) is 14.6. The van der Waals surface area contributed by atoms with Gasteiger partial charge in [-0.25, -0.2) is 0 Å². The molecule has 0 spiro atoms. The van der Waals surface area contributed by atoms with Crippen molar-refractivity contribution >= 4 is 17.1 Å². The molecular weight excluding hydrogens is 306 g/mol.